The third kappa shape index (κ3) is 3.64. The van der Waals surface area contributed by atoms with Crippen molar-refractivity contribution in [2.45, 2.75) is 20.4 Å². The van der Waals surface area contributed by atoms with E-state index in [-0.39, 0.29) is 11.6 Å². The van der Waals surface area contributed by atoms with E-state index >= 15 is 0 Å². The van der Waals surface area contributed by atoms with Crippen LogP contribution in [0.25, 0.3) is 17.0 Å². The fraction of sp³-hybridized carbons (Fsp3) is 0.150. The number of para-hydroxylation sites is 1. The molecule has 0 aliphatic heterocycles. The Kier molecular flexibility index (Phi) is 4.84. The van der Waals surface area contributed by atoms with Crippen LogP contribution in [0.15, 0.2) is 48.5 Å². The molecule has 0 radical (unpaired) electrons. The summed E-state index contributed by atoms with van der Waals surface area (Å²) in [5.41, 5.74) is 4.77. The van der Waals surface area contributed by atoms with Crippen LogP contribution in [0.5, 0.6) is 0 Å². The average Bonchev–Trinajstić information content (AvgIpc) is 2.92. The first-order valence-electron chi connectivity index (χ1n) is 8.23. The van der Waals surface area contributed by atoms with E-state index in [1.165, 1.54) is 23.8 Å². The number of aromatic nitrogens is 1. The van der Waals surface area contributed by atoms with Crippen molar-refractivity contribution in [1.82, 2.24) is 10.3 Å². The molecular weight excluding hydrogens is 330 g/mol. The monoisotopic (exact) mass is 349 g/mol. The summed E-state index contributed by atoms with van der Waals surface area (Å²) in [4.78, 5) is 25.9. The zero-order chi connectivity index (χ0) is 18.7. The van der Waals surface area contributed by atoms with Crippen LogP contribution in [0.2, 0.25) is 0 Å². The standard InChI is InChI=1S/C20H19N3O3/c1-13-14(2)22-18-9-7-15(11-17(13)18)12-21-20(24)10-8-16-5-3-4-6-19(16)23(25)26/h3-11,22H,12H2,1-2H3,(H,21,24)/b10-8+. The van der Waals surface area contributed by atoms with E-state index < -0.39 is 4.92 Å². The summed E-state index contributed by atoms with van der Waals surface area (Å²) in [6.07, 6.45) is 2.77. The first-order valence-corrected chi connectivity index (χ1v) is 8.23. The number of carbonyl (C=O) groups is 1. The van der Waals surface area contributed by atoms with Crippen LogP contribution in [-0.4, -0.2) is 15.8 Å². The molecule has 0 aliphatic carbocycles. The SMILES string of the molecule is Cc1[nH]c2ccc(CNC(=O)/C=C/c3ccccc3[N+](=O)[O-])cc2c1C. The van der Waals surface area contributed by atoms with E-state index in [9.17, 15) is 14.9 Å². The number of fused-ring (bicyclic) bond motifs is 1. The van der Waals surface area contributed by atoms with Gasteiger partial charge in [-0.15, -0.1) is 0 Å². The minimum absolute atomic E-state index is 0.0275. The van der Waals surface area contributed by atoms with Crippen molar-refractivity contribution in [3.05, 3.63) is 81.0 Å². The molecule has 6 heteroatoms. The first kappa shape index (κ1) is 17.4. The van der Waals surface area contributed by atoms with Gasteiger partial charge < -0.3 is 10.3 Å². The molecule has 0 atom stereocenters. The Morgan fingerprint density at radius 3 is 2.77 bits per heavy atom. The summed E-state index contributed by atoms with van der Waals surface area (Å²) in [6, 6.07) is 12.3. The molecule has 0 saturated carbocycles. The molecule has 2 aromatic carbocycles. The number of hydrogen-bond donors (Lipinski definition) is 2. The highest BCUT2D eigenvalue weighted by atomic mass is 16.6. The van der Waals surface area contributed by atoms with Crippen molar-refractivity contribution in [2.75, 3.05) is 0 Å². The summed E-state index contributed by atoms with van der Waals surface area (Å²) in [5.74, 6) is -0.301. The highest BCUT2D eigenvalue weighted by Gasteiger charge is 2.10. The van der Waals surface area contributed by atoms with Crippen LogP contribution in [0.1, 0.15) is 22.4 Å². The molecule has 0 unspecified atom stereocenters. The van der Waals surface area contributed by atoms with Gasteiger partial charge in [0.2, 0.25) is 5.91 Å². The number of nitrogens with one attached hydrogen (secondary N) is 2. The van der Waals surface area contributed by atoms with Crippen LogP contribution in [0.4, 0.5) is 5.69 Å². The van der Waals surface area contributed by atoms with Crippen molar-refractivity contribution in [1.29, 1.82) is 0 Å². The highest BCUT2D eigenvalue weighted by Crippen LogP contribution is 2.22. The maximum Gasteiger partial charge on any atom is 0.276 e. The fourth-order valence-electron chi connectivity index (χ4n) is 2.83. The number of carbonyl (C=O) groups excluding carboxylic acids is 1. The Bertz CT molecular complexity index is 1020. The molecule has 6 nitrogen and oxygen atoms in total. The normalized spacial score (nSPS) is 11.2. The molecule has 0 aliphatic rings. The number of nitrogens with zero attached hydrogens (tertiary/aromatic N) is 1. The summed E-state index contributed by atoms with van der Waals surface area (Å²) in [7, 11) is 0. The number of nitro benzene ring substituents is 1. The molecule has 3 aromatic rings. The zero-order valence-electron chi connectivity index (χ0n) is 14.6. The quantitative estimate of drug-likeness (QED) is 0.414. The maximum absolute atomic E-state index is 12.0. The molecule has 26 heavy (non-hydrogen) atoms. The van der Waals surface area contributed by atoms with Crippen molar-refractivity contribution < 1.29 is 9.72 Å². The van der Waals surface area contributed by atoms with Crippen molar-refractivity contribution >= 4 is 28.6 Å². The number of hydrogen-bond acceptors (Lipinski definition) is 3. The van der Waals surface area contributed by atoms with Crippen molar-refractivity contribution in [3.63, 3.8) is 0 Å². The Morgan fingerprint density at radius 2 is 2.00 bits per heavy atom. The van der Waals surface area contributed by atoms with E-state index in [4.69, 9.17) is 0 Å². The van der Waals surface area contributed by atoms with Crippen LogP contribution < -0.4 is 5.32 Å². The smallest absolute Gasteiger partial charge is 0.276 e. The van der Waals surface area contributed by atoms with E-state index in [1.54, 1.807) is 18.2 Å². The summed E-state index contributed by atoms with van der Waals surface area (Å²) in [6.45, 7) is 4.48. The lowest BCUT2D eigenvalue weighted by atomic mass is 10.1. The number of nitro groups is 1. The third-order valence-corrected chi connectivity index (χ3v) is 4.39. The van der Waals surface area contributed by atoms with Gasteiger partial charge in [0, 0.05) is 35.3 Å². The number of benzene rings is 2. The second-order valence-corrected chi connectivity index (χ2v) is 6.12. The van der Waals surface area contributed by atoms with Gasteiger partial charge >= 0.3 is 0 Å². The van der Waals surface area contributed by atoms with E-state index in [0.29, 0.717) is 12.1 Å². The summed E-state index contributed by atoms with van der Waals surface area (Å²) < 4.78 is 0. The van der Waals surface area contributed by atoms with Gasteiger partial charge in [-0.1, -0.05) is 18.2 Å². The molecule has 0 fully saturated rings. The van der Waals surface area contributed by atoms with E-state index in [1.807, 2.05) is 19.1 Å². The van der Waals surface area contributed by atoms with E-state index in [0.717, 1.165) is 22.2 Å². The molecule has 1 aromatic heterocycles. The van der Waals surface area contributed by atoms with Crippen molar-refractivity contribution in [2.24, 2.45) is 0 Å². The molecule has 0 spiro atoms. The van der Waals surface area contributed by atoms with Crippen molar-refractivity contribution in [3.8, 4) is 0 Å². The van der Waals surface area contributed by atoms with Gasteiger partial charge in [0.15, 0.2) is 0 Å². The Labute approximate surface area is 150 Å². The molecule has 0 bridgehead atoms. The Balaban J connectivity index is 1.68. The predicted molar refractivity (Wildman–Crippen MR) is 102 cm³/mol. The zero-order valence-corrected chi connectivity index (χ0v) is 14.6. The predicted octanol–water partition coefficient (Wildman–Crippen LogP) is 4.02. The summed E-state index contributed by atoms with van der Waals surface area (Å²) in [5, 5.41) is 14.9. The Morgan fingerprint density at radius 1 is 1.23 bits per heavy atom. The highest BCUT2D eigenvalue weighted by molar-refractivity contribution is 5.92. The van der Waals surface area contributed by atoms with Gasteiger partial charge in [0.25, 0.3) is 5.69 Å². The topological polar surface area (TPSA) is 88.0 Å². The van der Waals surface area contributed by atoms with Gasteiger partial charge in [-0.05, 0) is 49.2 Å². The molecule has 1 amide bonds. The lowest BCUT2D eigenvalue weighted by molar-refractivity contribution is -0.385. The number of H-pyrrole nitrogens is 1. The van der Waals surface area contributed by atoms with Gasteiger partial charge in [0.1, 0.15) is 0 Å². The molecule has 2 N–H and O–H groups in total. The van der Waals surface area contributed by atoms with Crippen LogP contribution >= 0.6 is 0 Å². The largest absolute Gasteiger partial charge is 0.358 e. The minimum atomic E-state index is -0.464. The van der Waals surface area contributed by atoms with Crippen LogP contribution in [0.3, 0.4) is 0 Å². The minimum Gasteiger partial charge on any atom is -0.358 e. The number of amides is 1. The van der Waals surface area contributed by atoms with Gasteiger partial charge in [-0.3, -0.25) is 14.9 Å². The number of rotatable bonds is 5. The maximum atomic E-state index is 12.0. The Hall–Kier alpha value is -3.41. The number of aromatic amines is 1. The molecular formula is C20H19N3O3. The van der Waals surface area contributed by atoms with Crippen LogP contribution in [-0.2, 0) is 11.3 Å². The fourth-order valence-corrected chi connectivity index (χ4v) is 2.83. The lowest BCUT2D eigenvalue weighted by Crippen LogP contribution is -2.20. The average molecular weight is 349 g/mol. The van der Waals surface area contributed by atoms with Gasteiger partial charge in [0.05, 0.1) is 10.5 Å². The summed E-state index contributed by atoms with van der Waals surface area (Å²) >= 11 is 0. The first-order chi connectivity index (χ1) is 12.5. The molecule has 132 valence electrons. The third-order valence-electron chi connectivity index (χ3n) is 4.39. The molecule has 3 rings (SSSR count). The second kappa shape index (κ2) is 7.23. The van der Waals surface area contributed by atoms with Gasteiger partial charge in [-0.2, -0.15) is 0 Å². The molecule has 0 saturated heterocycles. The lowest BCUT2D eigenvalue weighted by Gasteiger charge is -2.04. The molecule has 1 heterocycles. The second-order valence-electron chi connectivity index (χ2n) is 6.12. The number of aryl methyl sites for hydroxylation is 2. The van der Waals surface area contributed by atoms with Gasteiger partial charge in [-0.25, -0.2) is 0 Å². The van der Waals surface area contributed by atoms with Crippen LogP contribution in [0, 0.1) is 24.0 Å². The van der Waals surface area contributed by atoms with E-state index in [2.05, 4.69) is 23.3 Å².